The van der Waals surface area contributed by atoms with Crippen LogP contribution in [0, 0.1) is 17.0 Å². The van der Waals surface area contributed by atoms with Gasteiger partial charge in [-0.15, -0.1) is 0 Å². The number of hydrogen-bond donors (Lipinski definition) is 2. The molecule has 0 saturated heterocycles. The molecule has 5 heteroatoms. The highest BCUT2D eigenvalue weighted by atomic mass is 16.6. The van der Waals surface area contributed by atoms with Crippen LogP contribution in [0.1, 0.15) is 17.2 Å². The third kappa shape index (κ3) is 2.07. The van der Waals surface area contributed by atoms with Gasteiger partial charge in [-0.3, -0.25) is 10.1 Å². The fourth-order valence-electron chi connectivity index (χ4n) is 1.25. The summed E-state index contributed by atoms with van der Waals surface area (Å²) in [5.74, 6) is 0. The molecule has 4 N–H and O–H groups in total. The molecule has 14 heavy (non-hydrogen) atoms. The zero-order valence-corrected chi connectivity index (χ0v) is 7.93. The summed E-state index contributed by atoms with van der Waals surface area (Å²) in [5.41, 5.74) is 12.6. The minimum atomic E-state index is -0.410. The van der Waals surface area contributed by atoms with E-state index in [1.165, 1.54) is 6.07 Å². The molecule has 1 aromatic carbocycles. The van der Waals surface area contributed by atoms with E-state index in [4.69, 9.17) is 11.5 Å². The number of hydrogen-bond acceptors (Lipinski definition) is 4. The maximum absolute atomic E-state index is 10.5. The van der Waals surface area contributed by atoms with Crippen LogP contribution in [-0.4, -0.2) is 11.5 Å². The summed E-state index contributed by atoms with van der Waals surface area (Å²) in [7, 11) is 0. The fourth-order valence-corrected chi connectivity index (χ4v) is 1.25. The van der Waals surface area contributed by atoms with Gasteiger partial charge in [-0.1, -0.05) is 6.07 Å². The summed E-state index contributed by atoms with van der Waals surface area (Å²) >= 11 is 0. The lowest BCUT2D eigenvalue weighted by molar-refractivity contribution is -0.385. The second-order valence-corrected chi connectivity index (χ2v) is 3.15. The van der Waals surface area contributed by atoms with Crippen LogP contribution in [0.5, 0.6) is 0 Å². The van der Waals surface area contributed by atoms with Crippen LogP contribution in [-0.2, 0) is 0 Å². The maximum atomic E-state index is 10.5. The van der Waals surface area contributed by atoms with Gasteiger partial charge >= 0.3 is 0 Å². The smallest absolute Gasteiger partial charge is 0.272 e. The number of nitro groups is 1. The van der Waals surface area contributed by atoms with Gasteiger partial charge in [-0.25, -0.2) is 0 Å². The first kappa shape index (κ1) is 10.6. The topological polar surface area (TPSA) is 95.2 Å². The van der Waals surface area contributed by atoms with Gasteiger partial charge in [0.25, 0.3) is 5.69 Å². The van der Waals surface area contributed by atoms with Gasteiger partial charge in [0.1, 0.15) is 0 Å². The number of nitro benzene ring substituents is 1. The van der Waals surface area contributed by atoms with E-state index in [1.54, 1.807) is 19.1 Å². The third-order valence-electron chi connectivity index (χ3n) is 2.10. The molecule has 1 rings (SSSR count). The van der Waals surface area contributed by atoms with Gasteiger partial charge in [0, 0.05) is 24.2 Å². The molecule has 5 nitrogen and oxygen atoms in total. The van der Waals surface area contributed by atoms with E-state index in [9.17, 15) is 10.1 Å². The molecule has 0 amide bonds. The zero-order valence-electron chi connectivity index (χ0n) is 7.93. The van der Waals surface area contributed by atoms with Crippen molar-refractivity contribution in [3.05, 3.63) is 39.4 Å². The molecule has 0 aliphatic carbocycles. The van der Waals surface area contributed by atoms with E-state index in [0.29, 0.717) is 12.1 Å². The molecular formula is C9H13N3O2. The Hall–Kier alpha value is -1.46. The molecule has 0 aliphatic rings. The summed E-state index contributed by atoms with van der Waals surface area (Å²) in [6.45, 7) is 2.02. The summed E-state index contributed by atoms with van der Waals surface area (Å²) in [6.07, 6.45) is 0. The van der Waals surface area contributed by atoms with Gasteiger partial charge in [-0.2, -0.15) is 0 Å². The Morgan fingerprint density at radius 1 is 1.57 bits per heavy atom. The van der Waals surface area contributed by atoms with Crippen LogP contribution in [0.15, 0.2) is 18.2 Å². The minimum absolute atomic E-state index is 0.109. The average Bonchev–Trinajstić information content (AvgIpc) is 2.15. The van der Waals surface area contributed by atoms with Crippen LogP contribution < -0.4 is 11.5 Å². The number of rotatable bonds is 3. The Balaban J connectivity index is 3.06. The van der Waals surface area contributed by atoms with Crippen LogP contribution in [0.4, 0.5) is 5.69 Å². The summed E-state index contributed by atoms with van der Waals surface area (Å²) in [6, 6.07) is 4.55. The number of nitrogens with two attached hydrogens (primary N) is 2. The van der Waals surface area contributed by atoms with E-state index < -0.39 is 4.92 Å². The molecule has 1 aromatic rings. The molecule has 0 bridgehead atoms. The number of nitrogens with zero attached hydrogens (tertiary/aromatic N) is 1. The quantitative estimate of drug-likeness (QED) is 0.552. The van der Waals surface area contributed by atoms with E-state index in [0.717, 1.165) is 5.56 Å². The third-order valence-corrected chi connectivity index (χ3v) is 2.10. The standard InChI is InChI=1S/C9H13N3O2/c1-6-4-7(8(11)5-10)2-3-9(6)12(13)14/h2-4,8H,5,10-11H2,1H3. The number of benzene rings is 1. The normalized spacial score (nSPS) is 12.5. The number of aryl methyl sites for hydroxylation is 1. The van der Waals surface area contributed by atoms with Crippen molar-refractivity contribution in [2.75, 3.05) is 6.54 Å². The lowest BCUT2D eigenvalue weighted by Gasteiger charge is -2.09. The fraction of sp³-hybridized carbons (Fsp3) is 0.333. The predicted octanol–water partition coefficient (Wildman–Crippen LogP) is 0.862. The largest absolute Gasteiger partial charge is 0.329 e. The van der Waals surface area contributed by atoms with Crippen molar-refractivity contribution < 1.29 is 4.92 Å². The summed E-state index contributed by atoms with van der Waals surface area (Å²) < 4.78 is 0. The van der Waals surface area contributed by atoms with Gasteiger partial charge in [0.2, 0.25) is 0 Å². The summed E-state index contributed by atoms with van der Waals surface area (Å²) in [4.78, 5) is 10.1. The predicted molar refractivity (Wildman–Crippen MR) is 53.8 cm³/mol. The van der Waals surface area contributed by atoms with Gasteiger partial charge in [0.05, 0.1) is 4.92 Å². The monoisotopic (exact) mass is 195 g/mol. The summed E-state index contributed by atoms with van der Waals surface area (Å²) in [5, 5.41) is 10.5. The van der Waals surface area contributed by atoms with E-state index in [2.05, 4.69) is 0 Å². The molecule has 1 atom stereocenters. The highest BCUT2D eigenvalue weighted by Crippen LogP contribution is 2.21. The van der Waals surface area contributed by atoms with Crippen molar-refractivity contribution in [1.82, 2.24) is 0 Å². The Bertz CT molecular complexity index is 352. The van der Waals surface area contributed by atoms with Crippen LogP contribution in [0.3, 0.4) is 0 Å². The average molecular weight is 195 g/mol. The SMILES string of the molecule is Cc1cc(C(N)CN)ccc1[N+](=O)[O-]. The van der Waals surface area contributed by atoms with E-state index >= 15 is 0 Å². The van der Waals surface area contributed by atoms with Crippen molar-refractivity contribution in [3.8, 4) is 0 Å². The highest BCUT2D eigenvalue weighted by Gasteiger charge is 2.12. The Morgan fingerprint density at radius 3 is 2.64 bits per heavy atom. The molecule has 0 spiro atoms. The Kier molecular flexibility index (Phi) is 3.16. The van der Waals surface area contributed by atoms with E-state index in [1.807, 2.05) is 0 Å². The second-order valence-electron chi connectivity index (χ2n) is 3.15. The van der Waals surface area contributed by atoms with Crippen LogP contribution in [0.2, 0.25) is 0 Å². The molecule has 0 heterocycles. The van der Waals surface area contributed by atoms with Crippen molar-refractivity contribution in [2.45, 2.75) is 13.0 Å². The van der Waals surface area contributed by atoms with Gasteiger partial charge in [0.15, 0.2) is 0 Å². The zero-order chi connectivity index (χ0) is 10.7. The molecule has 0 saturated carbocycles. The van der Waals surface area contributed by atoms with Gasteiger partial charge in [-0.05, 0) is 18.6 Å². The first-order chi connectivity index (χ1) is 6.56. The van der Waals surface area contributed by atoms with Crippen molar-refractivity contribution >= 4 is 5.69 Å². The van der Waals surface area contributed by atoms with Crippen molar-refractivity contribution in [2.24, 2.45) is 11.5 Å². The second kappa shape index (κ2) is 4.17. The van der Waals surface area contributed by atoms with Crippen LogP contribution >= 0.6 is 0 Å². The molecular weight excluding hydrogens is 182 g/mol. The highest BCUT2D eigenvalue weighted by molar-refractivity contribution is 5.42. The molecule has 0 fully saturated rings. The Labute approximate surface area is 81.9 Å². The molecule has 0 radical (unpaired) electrons. The lowest BCUT2D eigenvalue weighted by atomic mass is 10.0. The molecule has 0 aliphatic heterocycles. The molecule has 1 unspecified atom stereocenters. The van der Waals surface area contributed by atoms with E-state index in [-0.39, 0.29) is 11.7 Å². The van der Waals surface area contributed by atoms with Crippen molar-refractivity contribution in [1.29, 1.82) is 0 Å². The van der Waals surface area contributed by atoms with Gasteiger partial charge < -0.3 is 11.5 Å². The first-order valence-corrected chi connectivity index (χ1v) is 4.27. The van der Waals surface area contributed by atoms with Crippen LogP contribution in [0.25, 0.3) is 0 Å². The molecule has 76 valence electrons. The molecule has 0 aromatic heterocycles. The maximum Gasteiger partial charge on any atom is 0.272 e. The lowest BCUT2D eigenvalue weighted by Crippen LogP contribution is -2.20. The minimum Gasteiger partial charge on any atom is -0.329 e. The van der Waals surface area contributed by atoms with Crippen molar-refractivity contribution in [3.63, 3.8) is 0 Å². The Morgan fingerprint density at radius 2 is 2.21 bits per heavy atom. The first-order valence-electron chi connectivity index (χ1n) is 4.27.